The van der Waals surface area contributed by atoms with Gasteiger partial charge in [0.25, 0.3) is 0 Å². The van der Waals surface area contributed by atoms with E-state index in [2.05, 4.69) is 0 Å². The van der Waals surface area contributed by atoms with Crippen LogP contribution in [0.5, 0.6) is 0 Å². The van der Waals surface area contributed by atoms with Crippen molar-refractivity contribution in [2.45, 2.75) is 24.9 Å². The summed E-state index contributed by atoms with van der Waals surface area (Å²) in [5, 5.41) is 0. The number of carbonyl (C=O) groups is 1. The summed E-state index contributed by atoms with van der Waals surface area (Å²) in [6.07, 6.45) is 1.08. The number of rotatable bonds is 0. The van der Waals surface area contributed by atoms with E-state index >= 15 is 0 Å². The van der Waals surface area contributed by atoms with Crippen LogP contribution in [-0.4, -0.2) is 12.1 Å². The van der Waals surface area contributed by atoms with E-state index < -0.39 is 0 Å². The highest BCUT2D eigenvalue weighted by molar-refractivity contribution is 5.74. The zero-order valence-corrected chi connectivity index (χ0v) is 7.50. The largest absolute Gasteiger partial charge is 0.461 e. The number of hydrogen-bond acceptors (Lipinski definition) is 2. The summed E-state index contributed by atoms with van der Waals surface area (Å²) in [5.41, 5.74) is 2.08. The summed E-state index contributed by atoms with van der Waals surface area (Å²) in [4.78, 5) is 11.0. The van der Waals surface area contributed by atoms with Crippen LogP contribution in [0, 0.1) is 5.82 Å². The van der Waals surface area contributed by atoms with E-state index in [0.717, 1.165) is 11.1 Å². The van der Waals surface area contributed by atoms with Gasteiger partial charge >= 0.3 is 5.97 Å². The Morgan fingerprint density at radius 3 is 3.07 bits per heavy atom. The number of hydrogen-bond donors (Lipinski definition) is 0. The molecule has 2 nitrogen and oxygen atoms in total. The lowest BCUT2D eigenvalue weighted by Gasteiger charge is -2.05. The van der Waals surface area contributed by atoms with Crippen LogP contribution in [0.3, 0.4) is 0 Å². The second-order valence-corrected chi connectivity index (χ2v) is 3.89. The fourth-order valence-corrected chi connectivity index (χ4v) is 2.43. The van der Waals surface area contributed by atoms with Crippen molar-refractivity contribution in [3.05, 3.63) is 35.1 Å². The molecule has 2 atom stereocenters. The highest BCUT2D eigenvalue weighted by Crippen LogP contribution is 2.41. The van der Waals surface area contributed by atoms with Gasteiger partial charge in [0, 0.05) is 12.3 Å². The molecule has 1 aromatic rings. The van der Waals surface area contributed by atoms with Crippen molar-refractivity contribution >= 4 is 5.97 Å². The van der Waals surface area contributed by atoms with Gasteiger partial charge < -0.3 is 4.74 Å². The van der Waals surface area contributed by atoms with Gasteiger partial charge in [-0.1, -0.05) is 6.07 Å². The maximum atomic E-state index is 12.9. The molecule has 0 unspecified atom stereocenters. The summed E-state index contributed by atoms with van der Waals surface area (Å²) in [6.45, 7) is 0. The Bertz CT molecular complexity index is 414. The third kappa shape index (κ3) is 0.983. The molecule has 0 bridgehead atoms. The summed E-state index contributed by atoms with van der Waals surface area (Å²) >= 11 is 0. The van der Waals surface area contributed by atoms with Crippen molar-refractivity contribution in [2.24, 2.45) is 0 Å². The van der Waals surface area contributed by atoms with E-state index in [-0.39, 0.29) is 23.8 Å². The lowest BCUT2D eigenvalue weighted by Crippen LogP contribution is -2.09. The first kappa shape index (κ1) is 7.97. The van der Waals surface area contributed by atoms with Gasteiger partial charge in [-0.25, -0.2) is 4.39 Å². The number of esters is 1. The summed E-state index contributed by atoms with van der Waals surface area (Å²) in [5.74, 6) is -0.178. The molecule has 0 spiro atoms. The number of fused-ring (bicyclic) bond motifs is 3. The van der Waals surface area contributed by atoms with Gasteiger partial charge in [0.2, 0.25) is 0 Å². The topological polar surface area (TPSA) is 26.3 Å². The minimum absolute atomic E-state index is 0.0423. The molecule has 0 N–H and O–H groups in total. The molecule has 1 aromatic carbocycles. The molecule has 1 aliphatic carbocycles. The monoisotopic (exact) mass is 192 g/mol. The molecule has 0 saturated carbocycles. The van der Waals surface area contributed by atoms with E-state index in [9.17, 15) is 9.18 Å². The van der Waals surface area contributed by atoms with E-state index in [1.54, 1.807) is 12.1 Å². The van der Waals surface area contributed by atoms with Crippen LogP contribution >= 0.6 is 0 Å². The molecule has 0 amide bonds. The van der Waals surface area contributed by atoms with Crippen LogP contribution in [-0.2, 0) is 16.0 Å². The molecule has 1 fully saturated rings. The quantitative estimate of drug-likeness (QED) is 0.586. The first-order chi connectivity index (χ1) is 6.74. The molecular formula is C11H9FO2. The van der Waals surface area contributed by atoms with E-state index in [0.29, 0.717) is 12.8 Å². The highest BCUT2D eigenvalue weighted by Gasteiger charge is 2.41. The van der Waals surface area contributed by atoms with Crippen LogP contribution in [0.2, 0.25) is 0 Å². The molecule has 1 heterocycles. The smallest absolute Gasteiger partial charge is 0.306 e. The Balaban J connectivity index is 2.05. The molecule has 0 aromatic heterocycles. The predicted octanol–water partition coefficient (Wildman–Crippen LogP) is 1.78. The summed E-state index contributed by atoms with van der Waals surface area (Å²) in [7, 11) is 0. The van der Waals surface area contributed by atoms with Gasteiger partial charge in [0.1, 0.15) is 11.9 Å². The van der Waals surface area contributed by atoms with E-state index in [1.807, 2.05) is 0 Å². The minimum Gasteiger partial charge on any atom is -0.461 e. The second-order valence-electron chi connectivity index (χ2n) is 3.89. The Morgan fingerprint density at radius 2 is 2.21 bits per heavy atom. The first-order valence-corrected chi connectivity index (χ1v) is 4.72. The number of carbonyl (C=O) groups excluding carboxylic acids is 1. The minimum atomic E-state index is -0.213. The average molecular weight is 192 g/mol. The molecule has 0 radical (unpaired) electrons. The lowest BCUT2D eigenvalue weighted by molar-refractivity contribution is -0.141. The Labute approximate surface area is 80.7 Å². The second kappa shape index (κ2) is 2.56. The van der Waals surface area contributed by atoms with Gasteiger partial charge in [-0.05, 0) is 23.3 Å². The lowest BCUT2D eigenvalue weighted by atomic mass is 9.98. The Morgan fingerprint density at radius 1 is 1.36 bits per heavy atom. The fraction of sp³-hybridized carbons (Fsp3) is 0.364. The Kier molecular flexibility index (Phi) is 1.46. The number of benzene rings is 1. The zero-order chi connectivity index (χ0) is 9.71. The molecule has 3 rings (SSSR count). The maximum absolute atomic E-state index is 12.9. The summed E-state index contributed by atoms with van der Waals surface area (Å²) in [6, 6.07) is 4.77. The zero-order valence-electron chi connectivity index (χ0n) is 7.50. The van der Waals surface area contributed by atoms with Crippen molar-refractivity contribution < 1.29 is 13.9 Å². The SMILES string of the molecule is O=C1C[C@H]2c3ccc(F)cc3C[C@H]2O1. The van der Waals surface area contributed by atoms with Crippen molar-refractivity contribution in [2.75, 3.05) is 0 Å². The molecule has 2 aliphatic rings. The Hall–Kier alpha value is -1.38. The van der Waals surface area contributed by atoms with Crippen LogP contribution in [0.25, 0.3) is 0 Å². The van der Waals surface area contributed by atoms with Crippen molar-refractivity contribution in [1.29, 1.82) is 0 Å². The maximum Gasteiger partial charge on any atom is 0.306 e. The third-order valence-electron chi connectivity index (χ3n) is 3.04. The molecule has 72 valence electrons. The van der Waals surface area contributed by atoms with Gasteiger partial charge in [-0.15, -0.1) is 0 Å². The third-order valence-corrected chi connectivity index (χ3v) is 3.04. The molecule has 14 heavy (non-hydrogen) atoms. The number of halogens is 1. The average Bonchev–Trinajstić information content (AvgIpc) is 2.59. The predicted molar refractivity (Wildman–Crippen MR) is 47.3 cm³/mol. The first-order valence-electron chi connectivity index (χ1n) is 4.72. The standard InChI is InChI=1S/C11H9FO2/c12-7-1-2-8-6(3-7)4-10-9(8)5-11(13)14-10/h1-3,9-10H,4-5H2/t9-,10+/m0/s1. The molecule has 1 saturated heterocycles. The van der Waals surface area contributed by atoms with Crippen molar-refractivity contribution in [3.63, 3.8) is 0 Å². The van der Waals surface area contributed by atoms with Gasteiger partial charge in [0.15, 0.2) is 0 Å². The van der Waals surface area contributed by atoms with Crippen molar-refractivity contribution in [1.82, 2.24) is 0 Å². The normalized spacial score (nSPS) is 28.5. The van der Waals surface area contributed by atoms with Gasteiger partial charge in [0.05, 0.1) is 6.42 Å². The van der Waals surface area contributed by atoms with Crippen molar-refractivity contribution in [3.8, 4) is 0 Å². The molecular weight excluding hydrogens is 183 g/mol. The van der Waals surface area contributed by atoms with Crippen LogP contribution in [0.1, 0.15) is 23.5 Å². The number of ether oxygens (including phenoxy) is 1. The van der Waals surface area contributed by atoms with Gasteiger partial charge in [-0.2, -0.15) is 0 Å². The summed E-state index contributed by atoms with van der Waals surface area (Å²) < 4.78 is 18.1. The van der Waals surface area contributed by atoms with E-state index in [4.69, 9.17) is 4.74 Å². The molecule has 3 heteroatoms. The van der Waals surface area contributed by atoms with Gasteiger partial charge in [-0.3, -0.25) is 4.79 Å². The van der Waals surface area contributed by atoms with Crippen LogP contribution in [0.4, 0.5) is 4.39 Å². The van der Waals surface area contributed by atoms with Crippen LogP contribution in [0.15, 0.2) is 18.2 Å². The van der Waals surface area contributed by atoms with Crippen LogP contribution < -0.4 is 0 Å². The fourth-order valence-electron chi connectivity index (χ4n) is 2.43. The highest BCUT2D eigenvalue weighted by atomic mass is 19.1. The molecule has 1 aliphatic heterocycles. The van der Waals surface area contributed by atoms with E-state index in [1.165, 1.54) is 6.07 Å².